The van der Waals surface area contributed by atoms with Gasteiger partial charge in [0.05, 0.1) is 33.7 Å². The summed E-state index contributed by atoms with van der Waals surface area (Å²) in [4.78, 5) is 30.2. The first-order chi connectivity index (χ1) is 17.2. The Kier molecular flexibility index (Phi) is 5.59. The Morgan fingerprint density at radius 1 is 1.03 bits per heavy atom. The zero-order valence-electron chi connectivity index (χ0n) is 20.8. The van der Waals surface area contributed by atoms with Gasteiger partial charge in [-0.15, -0.1) is 0 Å². The van der Waals surface area contributed by atoms with Crippen molar-refractivity contribution in [3.05, 3.63) is 87.3 Å². The van der Waals surface area contributed by atoms with Crippen molar-refractivity contribution in [2.24, 2.45) is 14.1 Å². The second kappa shape index (κ2) is 8.64. The first-order valence-electron chi connectivity index (χ1n) is 11.7. The minimum Gasteiger partial charge on any atom is -0.478 e. The number of aryl methyl sites for hydroxylation is 3. The number of carboxylic acid groups (broad SMARTS) is 1. The minimum absolute atomic E-state index is 0.138. The molecule has 36 heavy (non-hydrogen) atoms. The van der Waals surface area contributed by atoms with E-state index in [9.17, 15) is 14.7 Å². The van der Waals surface area contributed by atoms with Gasteiger partial charge in [0.15, 0.2) is 0 Å². The monoisotopic (exact) mass is 481 g/mol. The Balaban J connectivity index is 1.69. The lowest BCUT2D eigenvalue weighted by molar-refractivity contribution is 0.0698. The van der Waals surface area contributed by atoms with Crippen LogP contribution in [0.4, 0.5) is 5.69 Å². The fourth-order valence-corrected chi connectivity index (χ4v) is 4.83. The molecule has 8 nitrogen and oxygen atoms in total. The van der Waals surface area contributed by atoms with Gasteiger partial charge < -0.3 is 10.4 Å². The highest BCUT2D eigenvalue weighted by molar-refractivity contribution is 5.94. The van der Waals surface area contributed by atoms with Gasteiger partial charge in [0.2, 0.25) is 0 Å². The number of rotatable bonds is 5. The number of anilines is 1. The fraction of sp³-hybridized carbons (Fsp3) is 0.214. The van der Waals surface area contributed by atoms with Crippen LogP contribution in [0.1, 0.15) is 40.1 Å². The average Bonchev–Trinajstić information content (AvgIpc) is 3.14. The molecular formula is C28H27N5O3. The predicted octanol–water partition coefficient (Wildman–Crippen LogP) is 4.98. The lowest BCUT2D eigenvalue weighted by Crippen LogP contribution is -2.22. The highest BCUT2D eigenvalue weighted by atomic mass is 16.4. The lowest BCUT2D eigenvalue weighted by atomic mass is 10.00. The molecule has 0 radical (unpaired) electrons. The number of benzene rings is 3. The molecule has 5 rings (SSSR count). The summed E-state index contributed by atoms with van der Waals surface area (Å²) in [6.07, 6.45) is 0. The van der Waals surface area contributed by atoms with Crippen molar-refractivity contribution in [2.45, 2.75) is 26.8 Å². The number of carboxylic acids is 1. The van der Waals surface area contributed by atoms with E-state index in [4.69, 9.17) is 4.98 Å². The van der Waals surface area contributed by atoms with Gasteiger partial charge >= 0.3 is 5.97 Å². The van der Waals surface area contributed by atoms with Crippen LogP contribution in [-0.2, 0) is 14.1 Å². The van der Waals surface area contributed by atoms with Gasteiger partial charge in [-0.1, -0.05) is 18.2 Å². The van der Waals surface area contributed by atoms with Crippen LogP contribution in [0.15, 0.2) is 59.4 Å². The fourth-order valence-electron chi connectivity index (χ4n) is 4.83. The van der Waals surface area contributed by atoms with Crippen LogP contribution in [0, 0.1) is 13.8 Å². The third kappa shape index (κ3) is 3.80. The Morgan fingerprint density at radius 2 is 1.78 bits per heavy atom. The summed E-state index contributed by atoms with van der Waals surface area (Å²) < 4.78 is 3.42. The quantitative estimate of drug-likeness (QED) is 0.367. The standard InChI is InChI=1S/C28H27N5O3/c1-15-12-21(16(2)29-23-9-7-6-8-19(23)28(35)36)25-22(13-15)27(34)32(4)26(30-25)18-10-11-24-20(14-18)17(3)31-33(24)5/h6-14,16,29H,1-5H3,(H,35,36). The van der Waals surface area contributed by atoms with Crippen LogP contribution in [0.2, 0.25) is 0 Å². The van der Waals surface area contributed by atoms with Gasteiger partial charge in [0.1, 0.15) is 5.82 Å². The van der Waals surface area contributed by atoms with Crippen molar-refractivity contribution in [2.75, 3.05) is 5.32 Å². The summed E-state index contributed by atoms with van der Waals surface area (Å²) in [6.45, 7) is 5.84. The molecule has 0 aliphatic heterocycles. The molecule has 2 heterocycles. The number of para-hydroxylation sites is 1. The maximum Gasteiger partial charge on any atom is 0.337 e. The van der Waals surface area contributed by atoms with E-state index in [2.05, 4.69) is 10.4 Å². The van der Waals surface area contributed by atoms with Crippen molar-refractivity contribution in [1.29, 1.82) is 0 Å². The summed E-state index contributed by atoms with van der Waals surface area (Å²) in [7, 11) is 3.64. The Hall–Kier alpha value is -4.46. The second-order valence-electron chi connectivity index (χ2n) is 9.21. The SMILES string of the molecule is Cc1cc(C(C)Nc2ccccc2C(=O)O)c2nc(-c3ccc4c(c3)c(C)nn4C)n(C)c(=O)c2c1. The van der Waals surface area contributed by atoms with E-state index in [0.29, 0.717) is 22.4 Å². The molecule has 0 spiro atoms. The topological polar surface area (TPSA) is 102 Å². The first kappa shape index (κ1) is 23.3. The van der Waals surface area contributed by atoms with E-state index >= 15 is 0 Å². The van der Waals surface area contributed by atoms with Crippen molar-refractivity contribution >= 4 is 33.5 Å². The molecule has 2 N–H and O–H groups in total. The first-order valence-corrected chi connectivity index (χ1v) is 11.7. The van der Waals surface area contributed by atoms with Crippen molar-refractivity contribution in [3.63, 3.8) is 0 Å². The van der Waals surface area contributed by atoms with Crippen LogP contribution in [0.5, 0.6) is 0 Å². The summed E-state index contributed by atoms with van der Waals surface area (Å²) >= 11 is 0. The van der Waals surface area contributed by atoms with E-state index in [0.717, 1.165) is 33.3 Å². The average molecular weight is 482 g/mol. The molecule has 182 valence electrons. The van der Waals surface area contributed by atoms with E-state index < -0.39 is 5.97 Å². The number of hydrogen-bond donors (Lipinski definition) is 2. The predicted molar refractivity (Wildman–Crippen MR) is 142 cm³/mol. The number of fused-ring (bicyclic) bond motifs is 2. The van der Waals surface area contributed by atoms with E-state index in [1.807, 2.05) is 62.8 Å². The molecule has 0 aliphatic rings. The second-order valence-corrected chi connectivity index (χ2v) is 9.21. The Labute approximate surface area is 207 Å². The molecule has 0 saturated carbocycles. The number of nitrogens with one attached hydrogen (secondary N) is 1. The molecule has 0 saturated heterocycles. The highest BCUT2D eigenvalue weighted by Crippen LogP contribution is 2.30. The highest BCUT2D eigenvalue weighted by Gasteiger charge is 2.19. The van der Waals surface area contributed by atoms with Crippen LogP contribution in [0.3, 0.4) is 0 Å². The van der Waals surface area contributed by atoms with Crippen molar-refractivity contribution in [3.8, 4) is 11.4 Å². The normalized spacial score (nSPS) is 12.2. The summed E-state index contributed by atoms with van der Waals surface area (Å²) in [5, 5.41) is 18.9. The van der Waals surface area contributed by atoms with Gasteiger partial charge in [-0.05, 0) is 62.7 Å². The molecule has 3 aromatic carbocycles. The van der Waals surface area contributed by atoms with Gasteiger partial charge in [0, 0.05) is 36.3 Å². The van der Waals surface area contributed by atoms with Gasteiger partial charge in [-0.25, -0.2) is 9.78 Å². The molecule has 8 heteroatoms. The molecule has 5 aromatic rings. The van der Waals surface area contributed by atoms with Gasteiger partial charge in [-0.3, -0.25) is 14.0 Å². The van der Waals surface area contributed by atoms with E-state index in [1.165, 1.54) is 0 Å². The third-order valence-electron chi connectivity index (χ3n) is 6.64. The summed E-state index contributed by atoms with van der Waals surface area (Å²) in [5.41, 5.74) is 5.64. The molecule has 0 amide bonds. The molecule has 0 fully saturated rings. The molecule has 0 aliphatic carbocycles. The van der Waals surface area contributed by atoms with E-state index in [-0.39, 0.29) is 17.2 Å². The van der Waals surface area contributed by atoms with Crippen LogP contribution >= 0.6 is 0 Å². The molecule has 0 bridgehead atoms. The Morgan fingerprint density at radius 3 is 2.53 bits per heavy atom. The van der Waals surface area contributed by atoms with Gasteiger partial charge in [0.25, 0.3) is 5.56 Å². The number of aromatic carboxylic acids is 1. The van der Waals surface area contributed by atoms with Gasteiger partial charge in [-0.2, -0.15) is 5.10 Å². The summed E-state index contributed by atoms with van der Waals surface area (Å²) in [5.74, 6) is -0.448. The van der Waals surface area contributed by atoms with Crippen molar-refractivity contribution < 1.29 is 9.90 Å². The summed E-state index contributed by atoms with van der Waals surface area (Å²) in [6, 6.07) is 16.3. The third-order valence-corrected chi connectivity index (χ3v) is 6.64. The zero-order chi connectivity index (χ0) is 25.7. The molecule has 1 atom stereocenters. The minimum atomic E-state index is -1.00. The molecule has 1 unspecified atom stereocenters. The maximum atomic E-state index is 13.5. The molecular weight excluding hydrogens is 454 g/mol. The lowest BCUT2D eigenvalue weighted by Gasteiger charge is -2.20. The number of carbonyl (C=O) groups is 1. The largest absolute Gasteiger partial charge is 0.478 e. The Bertz CT molecular complexity index is 1730. The van der Waals surface area contributed by atoms with E-state index in [1.54, 1.807) is 35.9 Å². The number of hydrogen-bond acceptors (Lipinski definition) is 5. The zero-order valence-corrected chi connectivity index (χ0v) is 20.8. The van der Waals surface area contributed by atoms with Crippen LogP contribution in [-0.4, -0.2) is 30.4 Å². The number of aromatic nitrogens is 4. The smallest absolute Gasteiger partial charge is 0.337 e. The maximum absolute atomic E-state index is 13.5. The van der Waals surface area contributed by atoms with Crippen LogP contribution in [0.25, 0.3) is 33.2 Å². The number of nitrogens with zero attached hydrogens (tertiary/aromatic N) is 4. The van der Waals surface area contributed by atoms with Crippen molar-refractivity contribution in [1.82, 2.24) is 19.3 Å². The molecule has 2 aromatic heterocycles. The van der Waals surface area contributed by atoms with Crippen LogP contribution < -0.4 is 10.9 Å².